The molecule has 1 aliphatic heterocycles. The molecule has 0 unspecified atom stereocenters. The number of hydrogen-bond acceptors (Lipinski definition) is 3. The maximum Gasteiger partial charge on any atom is 0.264 e. The molecule has 110 valence electrons. The van der Waals surface area contributed by atoms with Crippen LogP contribution in [0.3, 0.4) is 0 Å². The molecule has 1 saturated carbocycles. The zero-order valence-corrected chi connectivity index (χ0v) is 13.6. The molecule has 3 nitrogen and oxygen atoms in total. The molecule has 0 bridgehead atoms. The average molecular weight is 369 g/mol. The third-order valence-electron chi connectivity index (χ3n) is 3.52. The van der Waals surface area contributed by atoms with Crippen molar-refractivity contribution in [3.63, 3.8) is 0 Å². The Balaban J connectivity index is 1.81. The highest BCUT2D eigenvalue weighted by atomic mass is 79.9. The van der Waals surface area contributed by atoms with Crippen LogP contribution in [0.4, 0.5) is 4.39 Å². The first-order chi connectivity index (χ1) is 10.1. The lowest BCUT2D eigenvalue weighted by atomic mass is 10.2. The van der Waals surface area contributed by atoms with Crippen LogP contribution in [0.25, 0.3) is 6.08 Å². The standard InChI is InChI=1S/C15H14BrFN2OS/c16-10-5-6-12(17)9(7-10)8-13-14(20)19-15(21-13)18-11-3-1-2-4-11/h5-8,11H,1-4H2,(H,18,19,20)/b13-8-. The Bertz CT molecular complexity index is 639. The summed E-state index contributed by atoms with van der Waals surface area (Å²) < 4.78 is 14.5. The Morgan fingerprint density at radius 2 is 2.14 bits per heavy atom. The molecule has 0 atom stereocenters. The minimum absolute atomic E-state index is 0.212. The van der Waals surface area contributed by atoms with Gasteiger partial charge >= 0.3 is 0 Å². The summed E-state index contributed by atoms with van der Waals surface area (Å²) in [5.74, 6) is -0.559. The first-order valence-corrected chi connectivity index (χ1v) is 8.46. The number of amidine groups is 1. The maximum atomic E-state index is 13.7. The molecule has 0 radical (unpaired) electrons. The van der Waals surface area contributed by atoms with E-state index >= 15 is 0 Å². The lowest BCUT2D eigenvalue weighted by Crippen LogP contribution is -2.21. The van der Waals surface area contributed by atoms with Crippen molar-refractivity contribution in [3.8, 4) is 0 Å². The second-order valence-electron chi connectivity index (χ2n) is 5.10. The maximum absolute atomic E-state index is 13.7. The van der Waals surface area contributed by atoms with Gasteiger partial charge in [-0.3, -0.25) is 9.79 Å². The van der Waals surface area contributed by atoms with E-state index < -0.39 is 0 Å². The summed E-state index contributed by atoms with van der Waals surface area (Å²) in [6, 6.07) is 4.98. The van der Waals surface area contributed by atoms with Gasteiger partial charge in [-0.2, -0.15) is 0 Å². The zero-order chi connectivity index (χ0) is 14.8. The average Bonchev–Trinajstić information content (AvgIpc) is 3.05. The van der Waals surface area contributed by atoms with Crippen molar-refractivity contribution >= 4 is 44.8 Å². The van der Waals surface area contributed by atoms with E-state index in [1.807, 2.05) is 0 Å². The number of nitrogens with zero attached hydrogens (tertiary/aromatic N) is 1. The second kappa shape index (κ2) is 6.32. The first kappa shape index (κ1) is 14.8. The van der Waals surface area contributed by atoms with E-state index in [0.29, 0.717) is 21.7 Å². The monoisotopic (exact) mass is 368 g/mol. The molecule has 0 aromatic heterocycles. The van der Waals surface area contributed by atoms with Gasteiger partial charge in [0.15, 0.2) is 5.17 Å². The van der Waals surface area contributed by atoms with Gasteiger partial charge in [-0.1, -0.05) is 28.8 Å². The number of hydrogen-bond donors (Lipinski definition) is 1. The van der Waals surface area contributed by atoms with E-state index in [1.165, 1.54) is 30.7 Å². The van der Waals surface area contributed by atoms with Crippen LogP contribution in [-0.4, -0.2) is 17.1 Å². The van der Waals surface area contributed by atoms with E-state index in [2.05, 4.69) is 26.2 Å². The Morgan fingerprint density at radius 1 is 1.38 bits per heavy atom. The number of rotatable bonds is 2. The Kier molecular flexibility index (Phi) is 4.45. The predicted molar refractivity (Wildman–Crippen MR) is 87.5 cm³/mol. The number of thioether (sulfide) groups is 1. The quantitative estimate of drug-likeness (QED) is 0.798. The second-order valence-corrected chi connectivity index (χ2v) is 7.05. The highest BCUT2D eigenvalue weighted by Crippen LogP contribution is 2.30. The number of aliphatic imine (C=N–C) groups is 1. The predicted octanol–water partition coefficient (Wildman–Crippen LogP) is 4.09. The summed E-state index contributed by atoms with van der Waals surface area (Å²) in [5.41, 5.74) is 0.393. The molecule has 21 heavy (non-hydrogen) atoms. The van der Waals surface area contributed by atoms with Crippen molar-refractivity contribution in [2.45, 2.75) is 31.7 Å². The minimum atomic E-state index is -0.347. The fourth-order valence-corrected chi connectivity index (χ4v) is 3.72. The topological polar surface area (TPSA) is 41.5 Å². The lowest BCUT2D eigenvalue weighted by molar-refractivity contribution is -0.115. The third kappa shape index (κ3) is 3.55. The fraction of sp³-hybridized carbons (Fsp3) is 0.333. The van der Waals surface area contributed by atoms with Crippen LogP contribution < -0.4 is 5.32 Å². The number of amides is 1. The van der Waals surface area contributed by atoms with Gasteiger partial charge in [0, 0.05) is 10.0 Å². The van der Waals surface area contributed by atoms with Crippen molar-refractivity contribution < 1.29 is 9.18 Å². The van der Waals surface area contributed by atoms with E-state index in [0.717, 1.165) is 17.3 Å². The van der Waals surface area contributed by atoms with Gasteiger partial charge in [0.25, 0.3) is 5.91 Å². The zero-order valence-electron chi connectivity index (χ0n) is 11.2. The van der Waals surface area contributed by atoms with E-state index in [1.54, 1.807) is 18.2 Å². The van der Waals surface area contributed by atoms with Crippen molar-refractivity contribution in [2.24, 2.45) is 4.99 Å². The number of carbonyl (C=O) groups is 1. The smallest absolute Gasteiger partial charge is 0.264 e. The van der Waals surface area contributed by atoms with E-state index in [9.17, 15) is 9.18 Å². The molecule has 1 aromatic rings. The molecule has 1 amide bonds. The lowest BCUT2D eigenvalue weighted by Gasteiger charge is -2.02. The largest absolute Gasteiger partial charge is 0.301 e. The van der Waals surface area contributed by atoms with Gasteiger partial charge in [-0.25, -0.2) is 4.39 Å². The summed E-state index contributed by atoms with van der Waals surface area (Å²) in [4.78, 5) is 17.0. The highest BCUT2D eigenvalue weighted by molar-refractivity contribution is 9.10. The first-order valence-electron chi connectivity index (χ1n) is 6.85. The molecule has 1 aromatic carbocycles. The van der Waals surface area contributed by atoms with Crippen molar-refractivity contribution in [2.75, 3.05) is 0 Å². The van der Waals surface area contributed by atoms with Gasteiger partial charge in [0.2, 0.25) is 0 Å². The van der Waals surface area contributed by atoms with Crippen LogP contribution in [0.15, 0.2) is 32.6 Å². The summed E-state index contributed by atoms with van der Waals surface area (Å²) in [6.07, 6.45) is 6.13. The molecular weight excluding hydrogens is 355 g/mol. The minimum Gasteiger partial charge on any atom is -0.301 e. The van der Waals surface area contributed by atoms with Crippen LogP contribution in [-0.2, 0) is 4.79 Å². The van der Waals surface area contributed by atoms with E-state index in [-0.39, 0.29) is 11.7 Å². The van der Waals surface area contributed by atoms with E-state index in [4.69, 9.17) is 0 Å². The van der Waals surface area contributed by atoms with Gasteiger partial charge < -0.3 is 5.32 Å². The van der Waals surface area contributed by atoms with Crippen LogP contribution >= 0.6 is 27.7 Å². The molecular formula is C15H14BrFN2OS. The molecule has 3 rings (SSSR count). The van der Waals surface area contributed by atoms with Crippen LogP contribution in [0, 0.1) is 5.82 Å². The summed E-state index contributed by atoms with van der Waals surface area (Å²) in [7, 11) is 0. The molecule has 1 N–H and O–H groups in total. The van der Waals surface area contributed by atoms with Crippen LogP contribution in [0.5, 0.6) is 0 Å². The van der Waals surface area contributed by atoms with Gasteiger partial charge in [0.05, 0.1) is 10.9 Å². The fourth-order valence-electron chi connectivity index (χ4n) is 2.45. The normalized spacial score (nSPS) is 23.2. The van der Waals surface area contributed by atoms with Crippen LogP contribution in [0.1, 0.15) is 31.2 Å². The van der Waals surface area contributed by atoms with Crippen molar-refractivity contribution in [1.29, 1.82) is 0 Å². The molecule has 2 aliphatic rings. The number of carbonyl (C=O) groups excluding carboxylic acids is 1. The highest BCUT2D eigenvalue weighted by Gasteiger charge is 2.25. The van der Waals surface area contributed by atoms with Crippen molar-refractivity contribution in [3.05, 3.63) is 39.0 Å². The van der Waals surface area contributed by atoms with Gasteiger partial charge in [0.1, 0.15) is 5.82 Å². The summed E-state index contributed by atoms with van der Waals surface area (Å²) in [6.45, 7) is 0. The number of halogens is 2. The summed E-state index contributed by atoms with van der Waals surface area (Å²) >= 11 is 4.59. The molecule has 1 aliphatic carbocycles. The Labute approximate surface area is 135 Å². The van der Waals surface area contributed by atoms with Crippen molar-refractivity contribution in [1.82, 2.24) is 5.32 Å². The molecule has 0 spiro atoms. The van der Waals surface area contributed by atoms with Crippen LogP contribution in [0.2, 0.25) is 0 Å². The molecule has 6 heteroatoms. The SMILES string of the molecule is O=C1NC(=NC2CCCC2)S/C1=C\c1cc(Br)ccc1F. The van der Waals surface area contributed by atoms with Gasteiger partial charge in [-0.15, -0.1) is 0 Å². The molecule has 2 fully saturated rings. The number of nitrogens with one attached hydrogen (secondary N) is 1. The molecule has 1 saturated heterocycles. The number of benzene rings is 1. The Morgan fingerprint density at radius 3 is 2.90 bits per heavy atom. The molecule has 1 heterocycles. The Hall–Kier alpha value is -1.14. The summed E-state index contributed by atoms with van der Waals surface area (Å²) in [5, 5.41) is 3.39. The van der Waals surface area contributed by atoms with Gasteiger partial charge in [-0.05, 0) is 48.9 Å². The third-order valence-corrected chi connectivity index (χ3v) is 4.94.